The Morgan fingerprint density at radius 2 is 2.00 bits per heavy atom. The molecule has 0 aliphatic heterocycles. The van der Waals surface area contributed by atoms with Crippen molar-refractivity contribution in [2.45, 2.75) is 26.8 Å². The molecule has 1 rings (SSSR count). The number of hydrogen-bond donors (Lipinski definition) is 2. The summed E-state index contributed by atoms with van der Waals surface area (Å²) in [5.41, 5.74) is 9.03. The molecule has 0 bridgehead atoms. The van der Waals surface area contributed by atoms with Crippen LogP contribution < -0.4 is 5.73 Å². The van der Waals surface area contributed by atoms with Crippen LogP contribution in [0.4, 0.5) is 0 Å². The monoisotopic (exact) mass is 207 g/mol. The lowest BCUT2D eigenvalue weighted by Gasteiger charge is -2.18. The molecule has 1 aromatic carbocycles. The molecule has 0 fully saturated rings. The molecule has 3 N–H and O–H groups in total. The third-order valence-corrected chi connectivity index (χ3v) is 2.71. The number of aliphatic carboxylic acids is 1. The summed E-state index contributed by atoms with van der Waals surface area (Å²) in [7, 11) is 0. The molecular formula is C12H17NO2. The number of aryl methyl sites for hydroxylation is 2. The minimum Gasteiger partial charge on any atom is -0.481 e. The highest BCUT2D eigenvalue weighted by Crippen LogP contribution is 2.23. The SMILES string of the molecule is Cc1ccc(C(N)C(C)C(=O)O)c(C)c1. The van der Waals surface area contributed by atoms with Crippen molar-refractivity contribution in [1.82, 2.24) is 0 Å². The molecule has 2 unspecified atom stereocenters. The van der Waals surface area contributed by atoms with Gasteiger partial charge in [-0.2, -0.15) is 0 Å². The number of carboxylic acids is 1. The predicted molar refractivity (Wildman–Crippen MR) is 59.6 cm³/mol. The van der Waals surface area contributed by atoms with Crippen LogP contribution in [0.2, 0.25) is 0 Å². The highest BCUT2D eigenvalue weighted by atomic mass is 16.4. The van der Waals surface area contributed by atoms with E-state index >= 15 is 0 Å². The Balaban J connectivity index is 3.01. The summed E-state index contributed by atoms with van der Waals surface area (Å²) in [6.07, 6.45) is 0. The first kappa shape index (κ1) is 11.7. The molecule has 1 aromatic rings. The molecular weight excluding hydrogens is 190 g/mol. The summed E-state index contributed by atoms with van der Waals surface area (Å²) in [5, 5.41) is 8.88. The number of nitrogens with two attached hydrogens (primary N) is 1. The average molecular weight is 207 g/mol. The fourth-order valence-corrected chi connectivity index (χ4v) is 1.62. The fourth-order valence-electron chi connectivity index (χ4n) is 1.62. The normalized spacial score (nSPS) is 14.7. The lowest BCUT2D eigenvalue weighted by Crippen LogP contribution is -2.26. The van der Waals surface area contributed by atoms with E-state index in [4.69, 9.17) is 10.8 Å². The highest BCUT2D eigenvalue weighted by molar-refractivity contribution is 5.70. The molecule has 3 heteroatoms. The Morgan fingerprint density at radius 3 is 2.47 bits per heavy atom. The van der Waals surface area contributed by atoms with Gasteiger partial charge in [-0.1, -0.05) is 30.7 Å². The Morgan fingerprint density at radius 1 is 1.40 bits per heavy atom. The van der Waals surface area contributed by atoms with Gasteiger partial charge in [-0.15, -0.1) is 0 Å². The van der Waals surface area contributed by atoms with E-state index in [0.29, 0.717) is 0 Å². The zero-order chi connectivity index (χ0) is 11.6. The van der Waals surface area contributed by atoms with E-state index in [-0.39, 0.29) is 0 Å². The fraction of sp³-hybridized carbons (Fsp3) is 0.417. The van der Waals surface area contributed by atoms with Crippen LogP contribution in [0, 0.1) is 19.8 Å². The molecule has 15 heavy (non-hydrogen) atoms. The van der Waals surface area contributed by atoms with Crippen molar-refractivity contribution in [3.8, 4) is 0 Å². The predicted octanol–water partition coefficient (Wildman–Crippen LogP) is 2.02. The molecule has 0 aliphatic carbocycles. The summed E-state index contributed by atoms with van der Waals surface area (Å²) in [6.45, 7) is 5.59. The molecule has 82 valence electrons. The van der Waals surface area contributed by atoms with Crippen molar-refractivity contribution in [2.75, 3.05) is 0 Å². The molecule has 0 spiro atoms. The molecule has 0 saturated heterocycles. The zero-order valence-electron chi connectivity index (χ0n) is 9.32. The highest BCUT2D eigenvalue weighted by Gasteiger charge is 2.22. The van der Waals surface area contributed by atoms with Crippen LogP contribution in [0.5, 0.6) is 0 Å². The summed E-state index contributed by atoms with van der Waals surface area (Å²) >= 11 is 0. The van der Waals surface area contributed by atoms with E-state index in [1.165, 1.54) is 0 Å². The lowest BCUT2D eigenvalue weighted by molar-refractivity contribution is -0.141. The second-order valence-electron chi connectivity index (χ2n) is 4.01. The van der Waals surface area contributed by atoms with E-state index in [1.807, 2.05) is 32.0 Å². The Kier molecular flexibility index (Phi) is 3.48. The Bertz CT molecular complexity index is 374. The van der Waals surface area contributed by atoms with Gasteiger partial charge in [0.05, 0.1) is 5.92 Å². The van der Waals surface area contributed by atoms with Crippen molar-refractivity contribution in [2.24, 2.45) is 11.7 Å². The topological polar surface area (TPSA) is 63.3 Å². The van der Waals surface area contributed by atoms with E-state index in [0.717, 1.165) is 16.7 Å². The largest absolute Gasteiger partial charge is 0.481 e. The number of carbonyl (C=O) groups is 1. The minimum absolute atomic E-state index is 0.442. The molecule has 0 aromatic heterocycles. The minimum atomic E-state index is -0.859. The molecule has 0 saturated carbocycles. The quantitative estimate of drug-likeness (QED) is 0.797. The van der Waals surface area contributed by atoms with E-state index in [2.05, 4.69) is 0 Å². The van der Waals surface area contributed by atoms with Crippen LogP contribution >= 0.6 is 0 Å². The second-order valence-corrected chi connectivity index (χ2v) is 4.01. The molecule has 0 aliphatic rings. The van der Waals surface area contributed by atoms with Gasteiger partial charge in [-0.25, -0.2) is 0 Å². The smallest absolute Gasteiger partial charge is 0.308 e. The Hall–Kier alpha value is -1.35. The van der Waals surface area contributed by atoms with Gasteiger partial charge < -0.3 is 10.8 Å². The first-order valence-electron chi connectivity index (χ1n) is 4.99. The van der Waals surface area contributed by atoms with Gasteiger partial charge >= 0.3 is 5.97 Å². The van der Waals surface area contributed by atoms with E-state index in [1.54, 1.807) is 6.92 Å². The number of hydrogen-bond acceptors (Lipinski definition) is 2. The maximum absolute atomic E-state index is 10.8. The number of benzene rings is 1. The number of rotatable bonds is 3. The molecule has 0 amide bonds. The van der Waals surface area contributed by atoms with Gasteiger partial charge in [-0.3, -0.25) is 4.79 Å². The van der Waals surface area contributed by atoms with Gasteiger partial charge in [0.25, 0.3) is 0 Å². The van der Waals surface area contributed by atoms with Crippen molar-refractivity contribution in [3.63, 3.8) is 0 Å². The van der Waals surface area contributed by atoms with Gasteiger partial charge in [-0.05, 0) is 25.0 Å². The summed E-state index contributed by atoms with van der Waals surface area (Å²) in [5.74, 6) is -1.42. The second kappa shape index (κ2) is 4.45. The number of carboxylic acid groups (broad SMARTS) is 1. The van der Waals surface area contributed by atoms with Crippen LogP contribution in [0.3, 0.4) is 0 Å². The Labute approximate surface area is 89.9 Å². The van der Waals surface area contributed by atoms with Crippen LogP contribution in [0.25, 0.3) is 0 Å². The van der Waals surface area contributed by atoms with Crippen molar-refractivity contribution in [1.29, 1.82) is 0 Å². The van der Waals surface area contributed by atoms with Crippen molar-refractivity contribution < 1.29 is 9.90 Å². The van der Waals surface area contributed by atoms with Crippen LogP contribution in [0.15, 0.2) is 18.2 Å². The lowest BCUT2D eigenvalue weighted by atomic mass is 9.91. The standard InChI is InChI=1S/C12H17NO2/c1-7-4-5-10(8(2)6-7)11(13)9(3)12(14)15/h4-6,9,11H,13H2,1-3H3,(H,14,15). The molecule has 0 radical (unpaired) electrons. The van der Waals surface area contributed by atoms with Crippen LogP contribution in [-0.2, 0) is 4.79 Å². The van der Waals surface area contributed by atoms with Gasteiger partial charge in [0.15, 0.2) is 0 Å². The summed E-state index contributed by atoms with van der Waals surface area (Å²) in [4.78, 5) is 10.8. The first-order chi connectivity index (χ1) is 6.93. The summed E-state index contributed by atoms with van der Waals surface area (Å²) < 4.78 is 0. The van der Waals surface area contributed by atoms with E-state index < -0.39 is 17.9 Å². The van der Waals surface area contributed by atoms with Gasteiger partial charge in [0, 0.05) is 6.04 Å². The summed E-state index contributed by atoms with van der Waals surface area (Å²) in [6, 6.07) is 5.44. The maximum Gasteiger partial charge on any atom is 0.308 e. The maximum atomic E-state index is 10.8. The van der Waals surface area contributed by atoms with Crippen molar-refractivity contribution >= 4 is 5.97 Å². The molecule has 2 atom stereocenters. The third-order valence-electron chi connectivity index (χ3n) is 2.71. The molecule has 0 heterocycles. The van der Waals surface area contributed by atoms with E-state index in [9.17, 15) is 4.79 Å². The zero-order valence-corrected chi connectivity index (χ0v) is 9.32. The van der Waals surface area contributed by atoms with Gasteiger partial charge in [0.2, 0.25) is 0 Å². The first-order valence-corrected chi connectivity index (χ1v) is 4.99. The average Bonchev–Trinajstić information content (AvgIpc) is 2.15. The molecule has 3 nitrogen and oxygen atoms in total. The van der Waals surface area contributed by atoms with Crippen molar-refractivity contribution in [3.05, 3.63) is 34.9 Å². The third kappa shape index (κ3) is 2.57. The van der Waals surface area contributed by atoms with Crippen LogP contribution in [0.1, 0.15) is 29.7 Å². The van der Waals surface area contributed by atoms with Gasteiger partial charge in [0.1, 0.15) is 0 Å². The van der Waals surface area contributed by atoms with Crippen LogP contribution in [-0.4, -0.2) is 11.1 Å².